The third kappa shape index (κ3) is 5.97. The second-order valence-electron chi connectivity index (χ2n) is 6.78. The molecule has 0 saturated carbocycles. The van der Waals surface area contributed by atoms with Crippen LogP contribution in [0.5, 0.6) is 0 Å². The van der Waals surface area contributed by atoms with Gasteiger partial charge < -0.3 is 26.8 Å². The monoisotopic (exact) mass is 356 g/mol. The molecule has 1 aliphatic heterocycles. The number of nitrogens with two attached hydrogens (primary N) is 2. The molecular weight excluding hydrogens is 324 g/mol. The first-order chi connectivity index (χ1) is 11.8. The van der Waals surface area contributed by atoms with Crippen LogP contribution in [0.15, 0.2) is 0 Å². The van der Waals surface area contributed by atoms with Crippen LogP contribution < -0.4 is 16.8 Å². The van der Waals surface area contributed by atoms with Crippen LogP contribution in [-0.4, -0.2) is 59.0 Å². The molecular formula is C17H32N4O4. The minimum Gasteiger partial charge on any atom is -0.480 e. The van der Waals surface area contributed by atoms with Crippen molar-refractivity contribution >= 4 is 17.8 Å². The van der Waals surface area contributed by atoms with Crippen LogP contribution in [0.2, 0.25) is 0 Å². The Bertz CT molecular complexity index is 472. The van der Waals surface area contributed by atoms with Crippen molar-refractivity contribution < 1.29 is 19.5 Å². The van der Waals surface area contributed by atoms with E-state index in [4.69, 9.17) is 11.5 Å². The van der Waals surface area contributed by atoms with Gasteiger partial charge in [0, 0.05) is 6.54 Å². The van der Waals surface area contributed by atoms with Crippen molar-refractivity contribution in [1.29, 1.82) is 0 Å². The highest BCUT2D eigenvalue weighted by atomic mass is 16.4. The fraction of sp³-hybridized carbons (Fsp3) is 0.824. The van der Waals surface area contributed by atoms with Crippen molar-refractivity contribution in [1.82, 2.24) is 10.2 Å². The zero-order valence-corrected chi connectivity index (χ0v) is 15.2. The van der Waals surface area contributed by atoms with Crippen LogP contribution >= 0.6 is 0 Å². The SMILES string of the molecule is CCC(C)C(N)C(=O)NC(CCCCN)C(=O)N1CCCC1C(=O)O. The number of hydrogen-bond donors (Lipinski definition) is 4. The van der Waals surface area contributed by atoms with Crippen LogP contribution in [0.3, 0.4) is 0 Å². The second-order valence-corrected chi connectivity index (χ2v) is 6.78. The standard InChI is InChI=1S/C17H32N4O4/c1-3-11(2)14(19)15(22)20-12(7-4-5-9-18)16(23)21-10-6-8-13(21)17(24)25/h11-14H,3-10,18-19H2,1-2H3,(H,20,22)(H,24,25). The lowest BCUT2D eigenvalue weighted by atomic mass is 9.98. The van der Waals surface area contributed by atoms with E-state index < -0.39 is 24.1 Å². The highest BCUT2D eigenvalue weighted by Crippen LogP contribution is 2.20. The highest BCUT2D eigenvalue weighted by Gasteiger charge is 2.37. The molecule has 25 heavy (non-hydrogen) atoms. The number of carbonyl (C=O) groups excluding carboxylic acids is 2. The van der Waals surface area contributed by atoms with Gasteiger partial charge in [-0.25, -0.2) is 4.79 Å². The van der Waals surface area contributed by atoms with Crippen LogP contribution in [0.25, 0.3) is 0 Å². The van der Waals surface area contributed by atoms with Gasteiger partial charge in [0.05, 0.1) is 6.04 Å². The third-order valence-corrected chi connectivity index (χ3v) is 4.94. The van der Waals surface area contributed by atoms with Crippen LogP contribution in [0, 0.1) is 5.92 Å². The lowest BCUT2D eigenvalue weighted by Crippen LogP contribution is -2.55. The largest absolute Gasteiger partial charge is 0.480 e. The number of carbonyl (C=O) groups is 3. The number of likely N-dealkylation sites (tertiary alicyclic amines) is 1. The predicted octanol–water partition coefficient (Wildman–Crippen LogP) is 0.0492. The van der Waals surface area contributed by atoms with Gasteiger partial charge in [0.1, 0.15) is 12.1 Å². The van der Waals surface area contributed by atoms with E-state index in [1.54, 1.807) is 0 Å². The average molecular weight is 356 g/mol. The third-order valence-electron chi connectivity index (χ3n) is 4.94. The van der Waals surface area contributed by atoms with E-state index in [-0.39, 0.29) is 17.7 Å². The van der Waals surface area contributed by atoms with E-state index >= 15 is 0 Å². The van der Waals surface area contributed by atoms with E-state index in [1.165, 1.54) is 4.90 Å². The zero-order valence-electron chi connectivity index (χ0n) is 15.2. The smallest absolute Gasteiger partial charge is 0.326 e. The Balaban J connectivity index is 2.82. The minimum absolute atomic E-state index is 0.00153. The number of carboxylic acids is 1. The van der Waals surface area contributed by atoms with Gasteiger partial charge in [-0.05, 0) is 44.6 Å². The van der Waals surface area contributed by atoms with Crippen LogP contribution in [0.1, 0.15) is 52.4 Å². The zero-order chi connectivity index (χ0) is 19.0. The first-order valence-electron chi connectivity index (χ1n) is 9.12. The molecule has 0 radical (unpaired) electrons. The van der Waals surface area contributed by atoms with Gasteiger partial charge in [-0.1, -0.05) is 20.3 Å². The Labute approximate surface area is 149 Å². The van der Waals surface area contributed by atoms with Crippen molar-refractivity contribution in [3.63, 3.8) is 0 Å². The molecule has 1 rings (SSSR count). The molecule has 4 unspecified atom stereocenters. The average Bonchev–Trinajstić information content (AvgIpc) is 3.08. The number of amides is 2. The summed E-state index contributed by atoms with van der Waals surface area (Å²) in [5, 5.41) is 12.0. The van der Waals surface area contributed by atoms with Crippen molar-refractivity contribution in [2.24, 2.45) is 17.4 Å². The minimum atomic E-state index is -1.01. The summed E-state index contributed by atoms with van der Waals surface area (Å²) in [6, 6.07) is -2.26. The summed E-state index contributed by atoms with van der Waals surface area (Å²) in [4.78, 5) is 37.9. The lowest BCUT2D eigenvalue weighted by Gasteiger charge is -2.28. The molecule has 0 aromatic carbocycles. The lowest BCUT2D eigenvalue weighted by molar-refractivity contribution is -0.149. The molecule has 0 aromatic rings. The van der Waals surface area contributed by atoms with Crippen LogP contribution in [-0.2, 0) is 14.4 Å². The van der Waals surface area contributed by atoms with Gasteiger partial charge in [0.25, 0.3) is 0 Å². The summed E-state index contributed by atoms with van der Waals surface area (Å²) in [7, 11) is 0. The maximum absolute atomic E-state index is 12.8. The number of nitrogens with one attached hydrogen (secondary N) is 1. The van der Waals surface area contributed by atoms with Gasteiger partial charge in [-0.3, -0.25) is 9.59 Å². The Kier molecular flexibility index (Phi) is 8.85. The van der Waals surface area contributed by atoms with Crippen molar-refractivity contribution in [2.45, 2.75) is 70.5 Å². The molecule has 0 bridgehead atoms. The molecule has 2 amide bonds. The Hall–Kier alpha value is -1.67. The fourth-order valence-corrected chi connectivity index (χ4v) is 3.02. The first kappa shape index (κ1) is 21.4. The first-order valence-corrected chi connectivity index (χ1v) is 9.12. The molecule has 1 heterocycles. The fourth-order valence-electron chi connectivity index (χ4n) is 3.02. The number of nitrogens with zero attached hydrogens (tertiary/aromatic N) is 1. The normalized spacial score (nSPS) is 20.8. The maximum Gasteiger partial charge on any atom is 0.326 e. The molecule has 6 N–H and O–H groups in total. The number of hydrogen-bond acceptors (Lipinski definition) is 5. The molecule has 0 spiro atoms. The summed E-state index contributed by atoms with van der Waals surface area (Å²) < 4.78 is 0. The number of unbranched alkanes of at least 4 members (excludes halogenated alkanes) is 1. The summed E-state index contributed by atoms with van der Waals surface area (Å²) in [6.07, 6.45) is 3.69. The van der Waals surface area contributed by atoms with Crippen molar-refractivity contribution in [2.75, 3.05) is 13.1 Å². The van der Waals surface area contributed by atoms with E-state index in [0.717, 1.165) is 12.8 Å². The van der Waals surface area contributed by atoms with Crippen molar-refractivity contribution in [3.8, 4) is 0 Å². The summed E-state index contributed by atoms with van der Waals surface area (Å²) in [5.74, 6) is -1.72. The molecule has 1 saturated heterocycles. The van der Waals surface area contributed by atoms with Gasteiger partial charge >= 0.3 is 5.97 Å². The quantitative estimate of drug-likeness (QED) is 0.408. The molecule has 1 aliphatic rings. The predicted molar refractivity (Wildman–Crippen MR) is 94.6 cm³/mol. The van der Waals surface area contributed by atoms with Gasteiger partial charge in [-0.2, -0.15) is 0 Å². The molecule has 0 aromatic heterocycles. The molecule has 4 atom stereocenters. The highest BCUT2D eigenvalue weighted by molar-refractivity contribution is 5.92. The molecule has 1 fully saturated rings. The maximum atomic E-state index is 12.8. The van der Waals surface area contributed by atoms with E-state index in [0.29, 0.717) is 38.8 Å². The number of carboxylic acid groups (broad SMARTS) is 1. The Morgan fingerprint density at radius 2 is 2.00 bits per heavy atom. The van der Waals surface area contributed by atoms with Crippen molar-refractivity contribution in [3.05, 3.63) is 0 Å². The van der Waals surface area contributed by atoms with Gasteiger partial charge in [0.15, 0.2) is 0 Å². The topological polar surface area (TPSA) is 139 Å². The second kappa shape index (κ2) is 10.4. The van der Waals surface area contributed by atoms with Gasteiger partial charge in [-0.15, -0.1) is 0 Å². The van der Waals surface area contributed by atoms with E-state index in [1.807, 2.05) is 13.8 Å². The summed E-state index contributed by atoms with van der Waals surface area (Å²) in [5.41, 5.74) is 11.5. The van der Waals surface area contributed by atoms with Crippen LogP contribution in [0.4, 0.5) is 0 Å². The molecule has 0 aliphatic carbocycles. The summed E-state index contributed by atoms with van der Waals surface area (Å²) >= 11 is 0. The van der Waals surface area contributed by atoms with E-state index in [9.17, 15) is 19.5 Å². The number of rotatable bonds is 10. The molecule has 8 nitrogen and oxygen atoms in total. The number of aliphatic carboxylic acids is 1. The molecule has 8 heteroatoms. The van der Waals surface area contributed by atoms with E-state index in [2.05, 4.69) is 5.32 Å². The Morgan fingerprint density at radius 1 is 1.32 bits per heavy atom. The summed E-state index contributed by atoms with van der Waals surface area (Å²) in [6.45, 7) is 4.74. The Morgan fingerprint density at radius 3 is 2.56 bits per heavy atom. The molecule has 144 valence electrons. The van der Waals surface area contributed by atoms with Gasteiger partial charge in [0.2, 0.25) is 11.8 Å².